The van der Waals surface area contributed by atoms with Gasteiger partial charge in [0.1, 0.15) is 0 Å². The second-order valence-corrected chi connectivity index (χ2v) is 5.80. The number of hydrogen-bond acceptors (Lipinski definition) is 2. The summed E-state index contributed by atoms with van der Waals surface area (Å²) in [5.41, 5.74) is 3.36. The van der Waals surface area contributed by atoms with Crippen LogP contribution in [0, 0.1) is 0 Å². The van der Waals surface area contributed by atoms with Crippen LogP contribution < -0.4 is 5.32 Å². The molecule has 124 valence electrons. The van der Waals surface area contributed by atoms with Crippen molar-refractivity contribution in [1.82, 2.24) is 5.32 Å². The lowest BCUT2D eigenvalue weighted by atomic mass is 10.0. The molecule has 0 aliphatic heterocycles. The minimum atomic E-state index is -0.201. The molecule has 0 aromatic heterocycles. The van der Waals surface area contributed by atoms with Crippen molar-refractivity contribution in [3.8, 4) is 0 Å². The molecule has 2 rings (SSSR count). The number of carbonyl (C=O) groups is 2. The number of hydrogen-bond donors (Lipinski definition) is 1. The first-order chi connectivity index (χ1) is 11.7. The van der Waals surface area contributed by atoms with Crippen LogP contribution in [0.1, 0.15) is 45.5 Å². The Morgan fingerprint density at radius 3 is 2.46 bits per heavy atom. The van der Waals surface area contributed by atoms with Crippen molar-refractivity contribution < 1.29 is 9.59 Å². The molecule has 3 nitrogen and oxygen atoms in total. The Bertz CT molecular complexity index is 692. The summed E-state index contributed by atoms with van der Waals surface area (Å²) in [5, 5.41) is 2.86. The molecule has 24 heavy (non-hydrogen) atoms. The molecule has 1 N–H and O–H groups in total. The summed E-state index contributed by atoms with van der Waals surface area (Å²) in [6.45, 7) is 4.69. The fraction of sp³-hybridized carbons (Fsp3) is 0.238. The second-order valence-electron chi connectivity index (χ2n) is 5.80. The van der Waals surface area contributed by atoms with Crippen molar-refractivity contribution >= 4 is 12.2 Å². The van der Waals surface area contributed by atoms with Gasteiger partial charge in [-0.1, -0.05) is 60.7 Å². The average Bonchev–Trinajstić information content (AvgIpc) is 2.64. The summed E-state index contributed by atoms with van der Waals surface area (Å²) in [4.78, 5) is 23.0. The standard InChI is InChI=1S/C21H23NO2/c1-17(13-14-18-9-3-2-4-10-18)8-7-15-22-21(24)20-12-6-5-11-19(20)16-23/h2-6,9-12,16H,1,7-8,13-15H2,(H,22,24). The van der Waals surface area contributed by atoms with E-state index >= 15 is 0 Å². The normalized spacial score (nSPS) is 10.2. The van der Waals surface area contributed by atoms with Crippen molar-refractivity contribution in [3.05, 3.63) is 83.4 Å². The fourth-order valence-electron chi connectivity index (χ4n) is 2.53. The third kappa shape index (κ3) is 5.51. The van der Waals surface area contributed by atoms with Gasteiger partial charge in [-0.3, -0.25) is 9.59 Å². The zero-order valence-corrected chi connectivity index (χ0v) is 13.8. The topological polar surface area (TPSA) is 46.2 Å². The van der Waals surface area contributed by atoms with Crippen molar-refractivity contribution in [2.45, 2.75) is 25.7 Å². The number of allylic oxidation sites excluding steroid dienone is 1. The van der Waals surface area contributed by atoms with Gasteiger partial charge in [-0.05, 0) is 37.3 Å². The zero-order chi connectivity index (χ0) is 17.2. The Labute approximate surface area is 143 Å². The Morgan fingerprint density at radius 2 is 1.71 bits per heavy atom. The molecule has 2 aromatic rings. The highest BCUT2D eigenvalue weighted by atomic mass is 16.1. The Morgan fingerprint density at radius 1 is 1.00 bits per heavy atom. The Kier molecular flexibility index (Phi) is 6.96. The predicted molar refractivity (Wildman–Crippen MR) is 97.3 cm³/mol. The SMILES string of the molecule is C=C(CCCNC(=O)c1ccccc1C=O)CCc1ccccc1. The Balaban J connectivity index is 1.68. The molecule has 3 heteroatoms. The molecule has 2 aromatic carbocycles. The third-order valence-corrected chi connectivity index (χ3v) is 3.94. The third-order valence-electron chi connectivity index (χ3n) is 3.94. The van der Waals surface area contributed by atoms with E-state index < -0.39 is 0 Å². The number of carbonyl (C=O) groups excluding carboxylic acids is 2. The van der Waals surface area contributed by atoms with E-state index in [0.717, 1.165) is 25.7 Å². The van der Waals surface area contributed by atoms with Crippen LogP contribution in [-0.4, -0.2) is 18.7 Å². The van der Waals surface area contributed by atoms with E-state index in [1.807, 2.05) is 18.2 Å². The van der Waals surface area contributed by atoms with Gasteiger partial charge in [0.05, 0.1) is 0 Å². The number of aryl methyl sites for hydroxylation is 1. The lowest BCUT2D eigenvalue weighted by Gasteiger charge is -2.08. The van der Waals surface area contributed by atoms with Crippen LogP contribution in [0.25, 0.3) is 0 Å². The van der Waals surface area contributed by atoms with Gasteiger partial charge in [-0.25, -0.2) is 0 Å². The molecule has 1 amide bonds. The molecule has 0 saturated carbocycles. The van der Waals surface area contributed by atoms with Gasteiger partial charge < -0.3 is 5.32 Å². The minimum Gasteiger partial charge on any atom is -0.352 e. The van der Waals surface area contributed by atoms with E-state index in [1.54, 1.807) is 24.3 Å². The Hall–Kier alpha value is -2.68. The summed E-state index contributed by atoms with van der Waals surface area (Å²) >= 11 is 0. The molecular formula is C21H23NO2. The molecule has 0 radical (unpaired) electrons. The van der Waals surface area contributed by atoms with Gasteiger partial charge in [-0.15, -0.1) is 0 Å². The monoisotopic (exact) mass is 321 g/mol. The van der Waals surface area contributed by atoms with Crippen LogP contribution in [0.15, 0.2) is 66.7 Å². The summed E-state index contributed by atoms with van der Waals surface area (Å²) in [7, 11) is 0. The molecule has 0 aliphatic carbocycles. The van der Waals surface area contributed by atoms with E-state index in [4.69, 9.17) is 0 Å². The molecule has 0 atom stereocenters. The molecule has 0 unspecified atom stereocenters. The quantitative estimate of drug-likeness (QED) is 0.427. The van der Waals surface area contributed by atoms with E-state index in [0.29, 0.717) is 24.0 Å². The van der Waals surface area contributed by atoms with Crippen molar-refractivity contribution in [2.24, 2.45) is 0 Å². The first-order valence-electron chi connectivity index (χ1n) is 8.23. The van der Waals surface area contributed by atoms with Crippen LogP contribution in [-0.2, 0) is 6.42 Å². The van der Waals surface area contributed by atoms with E-state index in [9.17, 15) is 9.59 Å². The molecule has 0 fully saturated rings. The maximum atomic E-state index is 12.1. The summed E-state index contributed by atoms with van der Waals surface area (Å²) in [5.74, 6) is -0.201. The van der Waals surface area contributed by atoms with Crippen LogP contribution in [0.3, 0.4) is 0 Å². The van der Waals surface area contributed by atoms with Crippen LogP contribution in [0.4, 0.5) is 0 Å². The highest BCUT2D eigenvalue weighted by molar-refractivity contribution is 6.01. The van der Waals surface area contributed by atoms with Crippen molar-refractivity contribution in [2.75, 3.05) is 6.54 Å². The van der Waals surface area contributed by atoms with E-state index in [-0.39, 0.29) is 5.91 Å². The molecule has 0 bridgehead atoms. The number of rotatable bonds is 9. The molecule has 0 saturated heterocycles. The van der Waals surface area contributed by atoms with E-state index in [2.05, 4.69) is 24.0 Å². The van der Waals surface area contributed by atoms with Gasteiger partial charge in [0.25, 0.3) is 5.91 Å². The number of aldehydes is 1. The van der Waals surface area contributed by atoms with Crippen LogP contribution in [0.5, 0.6) is 0 Å². The summed E-state index contributed by atoms with van der Waals surface area (Å²) in [6, 6.07) is 17.2. The number of benzene rings is 2. The molecule has 0 aliphatic rings. The molecule has 0 heterocycles. The lowest BCUT2D eigenvalue weighted by Crippen LogP contribution is -2.25. The van der Waals surface area contributed by atoms with Gasteiger partial charge >= 0.3 is 0 Å². The predicted octanol–water partition coefficient (Wildman–Crippen LogP) is 4.20. The molecule has 0 spiro atoms. The largest absolute Gasteiger partial charge is 0.352 e. The smallest absolute Gasteiger partial charge is 0.252 e. The van der Waals surface area contributed by atoms with Crippen molar-refractivity contribution in [3.63, 3.8) is 0 Å². The zero-order valence-electron chi connectivity index (χ0n) is 13.8. The summed E-state index contributed by atoms with van der Waals surface area (Å²) in [6.07, 6.45) is 4.41. The number of nitrogens with one attached hydrogen (secondary N) is 1. The van der Waals surface area contributed by atoms with E-state index in [1.165, 1.54) is 11.1 Å². The van der Waals surface area contributed by atoms with Crippen LogP contribution >= 0.6 is 0 Å². The van der Waals surface area contributed by atoms with Gasteiger partial charge in [0.2, 0.25) is 0 Å². The highest BCUT2D eigenvalue weighted by Gasteiger charge is 2.09. The van der Waals surface area contributed by atoms with Gasteiger partial charge in [0.15, 0.2) is 6.29 Å². The minimum absolute atomic E-state index is 0.201. The second kappa shape index (κ2) is 9.46. The molecular weight excluding hydrogens is 298 g/mol. The summed E-state index contributed by atoms with van der Waals surface area (Å²) < 4.78 is 0. The average molecular weight is 321 g/mol. The lowest BCUT2D eigenvalue weighted by molar-refractivity contribution is 0.0947. The first kappa shape index (κ1) is 17.7. The van der Waals surface area contributed by atoms with Crippen LogP contribution in [0.2, 0.25) is 0 Å². The fourth-order valence-corrected chi connectivity index (χ4v) is 2.53. The maximum Gasteiger partial charge on any atom is 0.252 e. The van der Waals surface area contributed by atoms with Crippen molar-refractivity contribution in [1.29, 1.82) is 0 Å². The maximum absolute atomic E-state index is 12.1. The van der Waals surface area contributed by atoms with Gasteiger partial charge in [-0.2, -0.15) is 0 Å². The first-order valence-corrected chi connectivity index (χ1v) is 8.23. The highest BCUT2D eigenvalue weighted by Crippen LogP contribution is 2.12. The number of amides is 1. The van der Waals surface area contributed by atoms with Gasteiger partial charge in [0, 0.05) is 17.7 Å².